The molecule has 142 valence electrons. The molecule has 25 heavy (non-hydrogen) atoms. The number of ether oxygens (including phenoxy) is 2. The first-order valence-electron chi connectivity index (χ1n) is 8.07. The van der Waals surface area contributed by atoms with Gasteiger partial charge in [-0.15, -0.1) is 0 Å². The van der Waals surface area contributed by atoms with Crippen LogP contribution in [-0.2, 0) is 37.7 Å². The van der Waals surface area contributed by atoms with Gasteiger partial charge in [0.15, 0.2) is 0 Å². The second-order valence-corrected chi connectivity index (χ2v) is 8.19. The normalized spacial score (nSPS) is 26.5. The summed E-state index contributed by atoms with van der Waals surface area (Å²) in [5.41, 5.74) is 0. The maximum atomic E-state index is 12.0. The number of fused-ring (bicyclic) bond motifs is 1. The van der Waals surface area contributed by atoms with Crippen LogP contribution in [0.1, 0.15) is 46.5 Å². The maximum absolute atomic E-state index is 12.0. The van der Waals surface area contributed by atoms with Crippen LogP contribution in [0.15, 0.2) is 0 Å². The number of carbonyl (C=O) groups is 4. The van der Waals surface area contributed by atoms with E-state index in [1.165, 1.54) is 13.8 Å². The van der Waals surface area contributed by atoms with E-state index in [-0.39, 0.29) is 12.1 Å². The Kier molecular flexibility index (Phi) is 6.31. The predicted octanol–water partition coefficient (Wildman–Crippen LogP) is 0.459. The number of carbonyl (C=O) groups excluding carboxylic acids is 4. The van der Waals surface area contributed by atoms with Crippen LogP contribution in [0.3, 0.4) is 0 Å². The van der Waals surface area contributed by atoms with Crippen molar-refractivity contribution in [3.05, 3.63) is 0 Å². The molecule has 3 atom stereocenters. The number of rotatable bonds is 4. The molecule has 0 radical (unpaired) electrons. The zero-order valence-corrected chi connectivity index (χ0v) is 15.3. The van der Waals surface area contributed by atoms with Crippen LogP contribution in [0, 0.1) is 0 Å². The molecule has 10 nitrogen and oxygen atoms in total. The van der Waals surface area contributed by atoms with Gasteiger partial charge < -0.3 is 0 Å². The molecular formula is C14H23N2O8P. The molecule has 0 aromatic carbocycles. The number of hydrogen-bond acceptors (Lipinski definition) is 10. The molecule has 1 aliphatic heterocycles. The summed E-state index contributed by atoms with van der Waals surface area (Å²) in [6.07, 6.45) is 2.47. The quantitative estimate of drug-likeness (QED) is 0.308. The van der Waals surface area contributed by atoms with Crippen LogP contribution in [-0.4, -0.2) is 42.3 Å². The summed E-state index contributed by atoms with van der Waals surface area (Å²) in [5, 5.41) is 6.12. The Morgan fingerprint density at radius 1 is 0.880 bits per heavy atom. The van der Waals surface area contributed by atoms with Crippen LogP contribution >= 0.6 is 8.02 Å². The van der Waals surface area contributed by atoms with E-state index < -0.39 is 38.2 Å². The molecule has 0 spiro atoms. The summed E-state index contributed by atoms with van der Waals surface area (Å²) in [6.45, 7) is 3.61. The van der Waals surface area contributed by atoms with Crippen molar-refractivity contribution in [3.8, 4) is 0 Å². The van der Waals surface area contributed by atoms with Crippen LogP contribution in [0.2, 0.25) is 0 Å². The Morgan fingerprint density at radius 2 is 1.44 bits per heavy atom. The van der Waals surface area contributed by atoms with Gasteiger partial charge >= 0.3 is 145 Å². The molecule has 1 saturated carbocycles. The number of hydrogen-bond donors (Lipinski definition) is 2. The van der Waals surface area contributed by atoms with E-state index in [2.05, 4.69) is 19.6 Å². The van der Waals surface area contributed by atoms with Crippen molar-refractivity contribution in [2.75, 3.05) is 0 Å². The van der Waals surface area contributed by atoms with Gasteiger partial charge in [0.1, 0.15) is 0 Å². The SMILES string of the molecule is CC(=O)O[C@H](C)OC(=O)C(=O)O[PH]1(OC(C)=O)NC2CCCCC2N1. The molecule has 0 bridgehead atoms. The summed E-state index contributed by atoms with van der Waals surface area (Å²) in [6, 6.07) is 0.00659. The van der Waals surface area contributed by atoms with Crippen LogP contribution in [0.25, 0.3) is 0 Å². The first-order valence-corrected chi connectivity index (χ1v) is 9.88. The van der Waals surface area contributed by atoms with Gasteiger partial charge in [-0.2, -0.15) is 0 Å². The first-order chi connectivity index (χ1) is 11.7. The van der Waals surface area contributed by atoms with Gasteiger partial charge in [0.2, 0.25) is 0 Å². The molecule has 1 heterocycles. The Labute approximate surface area is 145 Å². The fourth-order valence-corrected chi connectivity index (χ4v) is 5.75. The van der Waals surface area contributed by atoms with Gasteiger partial charge in [-0.05, 0) is 0 Å². The molecule has 2 aliphatic rings. The van der Waals surface area contributed by atoms with E-state index in [1.807, 2.05) is 0 Å². The van der Waals surface area contributed by atoms with Gasteiger partial charge in [0, 0.05) is 0 Å². The van der Waals surface area contributed by atoms with Crippen molar-refractivity contribution < 1.29 is 37.7 Å². The molecule has 1 saturated heterocycles. The molecule has 11 heteroatoms. The summed E-state index contributed by atoms with van der Waals surface area (Å²) in [7, 11) is -3.64. The summed E-state index contributed by atoms with van der Waals surface area (Å²) >= 11 is 0. The van der Waals surface area contributed by atoms with E-state index in [9.17, 15) is 19.2 Å². The minimum atomic E-state index is -3.64. The van der Waals surface area contributed by atoms with E-state index in [0.29, 0.717) is 0 Å². The Hall–Kier alpha value is -1.77. The zero-order valence-electron chi connectivity index (χ0n) is 14.3. The average molecular weight is 378 g/mol. The van der Waals surface area contributed by atoms with Gasteiger partial charge in [-0.25, -0.2) is 0 Å². The van der Waals surface area contributed by atoms with E-state index in [0.717, 1.165) is 32.6 Å². The third-order valence-corrected chi connectivity index (χ3v) is 6.36. The van der Waals surface area contributed by atoms with Crippen molar-refractivity contribution in [3.63, 3.8) is 0 Å². The van der Waals surface area contributed by atoms with Gasteiger partial charge in [0.05, 0.1) is 0 Å². The summed E-state index contributed by atoms with van der Waals surface area (Å²) < 4.78 is 19.7. The van der Waals surface area contributed by atoms with Crippen LogP contribution < -0.4 is 10.2 Å². The van der Waals surface area contributed by atoms with Crippen molar-refractivity contribution in [2.45, 2.75) is 64.8 Å². The van der Waals surface area contributed by atoms with E-state index in [4.69, 9.17) is 9.05 Å². The Morgan fingerprint density at radius 3 is 1.92 bits per heavy atom. The Balaban J connectivity index is 2.01. The van der Waals surface area contributed by atoms with Crippen LogP contribution in [0.4, 0.5) is 0 Å². The number of nitrogens with one attached hydrogen (secondary N) is 2. The molecule has 2 unspecified atom stereocenters. The topological polar surface area (TPSA) is 129 Å². The summed E-state index contributed by atoms with van der Waals surface area (Å²) in [5.74, 6) is -3.97. The fourth-order valence-electron chi connectivity index (χ4n) is 2.98. The molecule has 0 aromatic rings. The third-order valence-electron chi connectivity index (χ3n) is 3.81. The molecule has 2 rings (SSSR count). The minimum absolute atomic E-state index is 0.00329. The van der Waals surface area contributed by atoms with Gasteiger partial charge in [-0.1, -0.05) is 0 Å². The van der Waals surface area contributed by atoms with E-state index in [1.54, 1.807) is 0 Å². The second kappa shape index (κ2) is 8.07. The molecular weight excluding hydrogens is 355 g/mol. The molecule has 0 aromatic heterocycles. The zero-order chi connectivity index (χ0) is 18.6. The summed E-state index contributed by atoms with van der Waals surface area (Å²) in [4.78, 5) is 46.1. The van der Waals surface area contributed by atoms with Gasteiger partial charge in [0.25, 0.3) is 0 Å². The van der Waals surface area contributed by atoms with Crippen LogP contribution in [0.5, 0.6) is 0 Å². The third kappa shape index (κ3) is 5.35. The van der Waals surface area contributed by atoms with Crippen molar-refractivity contribution in [1.82, 2.24) is 10.2 Å². The molecule has 2 fully saturated rings. The monoisotopic (exact) mass is 378 g/mol. The molecule has 0 amide bonds. The molecule has 1 aliphatic carbocycles. The first kappa shape index (κ1) is 19.6. The number of esters is 2. The Bertz CT molecular complexity index is 555. The second-order valence-electron chi connectivity index (χ2n) is 5.97. The van der Waals surface area contributed by atoms with E-state index >= 15 is 0 Å². The van der Waals surface area contributed by atoms with Crippen molar-refractivity contribution in [1.29, 1.82) is 0 Å². The van der Waals surface area contributed by atoms with Crippen molar-refractivity contribution in [2.24, 2.45) is 0 Å². The predicted molar refractivity (Wildman–Crippen MR) is 85.8 cm³/mol. The molecule has 2 N–H and O–H groups in total. The average Bonchev–Trinajstić information content (AvgIpc) is 2.82. The van der Waals surface area contributed by atoms with Gasteiger partial charge in [-0.3, -0.25) is 0 Å². The standard InChI is InChI=1S/C14H23N2O8P/c1-8(17)21-10(3)22-13(19)14(20)24-25(23-9(2)18)15-11-6-4-5-7-12(11)16-25/h10-12,15-16,25H,4-7H2,1-3H3/t10-,11?,12?/m0/s1. The fraction of sp³-hybridized carbons (Fsp3) is 0.714. The van der Waals surface area contributed by atoms with Crippen molar-refractivity contribution >= 4 is 31.9 Å².